The van der Waals surface area contributed by atoms with Crippen molar-refractivity contribution >= 4 is 66.6 Å². The van der Waals surface area contributed by atoms with Gasteiger partial charge in [0.1, 0.15) is 5.82 Å². The van der Waals surface area contributed by atoms with Crippen LogP contribution >= 0.6 is 33.9 Å². The van der Waals surface area contributed by atoms with E-state index < -0.39 is 0 Å². The van der Waals surface area contributed by atoms with Crippen molar-refractivity contribution in [3.8, 4) is 0 Å². The van der Waals surface area contributed by atoms with Crippen LogP contribution in [-0.4, -0.2) is 10.9 Å². The van der Waals surface area contributed by atoms with E-state index in [1.54, 1.807) is 0 Å². The van der Waals surface area contributed by atoms with Crippen molar-refractivity contribution < 1.29 is 4.79 Å². The Morgan fingerprint density at radius 1 is 1.08 bits per heavy atom. The molecule has 2 aromatic heterocycles. The lowest BCUT2D eigenvalue weighted by atomic mass is 10.1. The van der Waals surface area contributed by atoms with Crippen LogP contribution in [0.1, 0.15) is 15.2 Å². The van der Waals surface area contributed by atoms with Gasteiger partial charge in [-0.3, -0.25) is 4.79 Å². The van der Waals surface area contributed by atoms with Crippen LogP contribution in [0.5, 0.6) is 0 Å². The molecule has 0 saturated carbocycles. The Morgan fingerprint density at radius 2 is 1.92 bits per heavy atom. The number of anilines is 1. The smallest absolute Gasteiger partial charge is 0.267 e. The number of fused-ring (bicyclic) bond motifs is 2. The Kier molecular flexibility index (Phi) is 3.97. The van der Waals surface area contributed by atoms with E-state index in [2.05, 4.69) is 45.0 Å². The molecule has 2 heterocycles. The number of nitrogens with one attached hydrogen (secondary N) is 1. The van der Waals surface area contributed by atoms with Gasteiger partial charge >= 0.3 is 0 Å². The number of hydrogen-bond donors (Lipinski definition) is 1. The maximum Gasteiger partial charge on any atom is 0.267 e. The van der Waals surface area contributed by atoms with Crippen molar-refractivity contribution in [1.82, 2.24) is 4.98 Å². The van der Waals surface area contributed by atoms with Crippen molar-refractivity contribution in [3.63, 3.8) is 0 Å². The highest BCUT2D eigenvalue weighted by Crippen LogP contribution is 2.34. The molecule has 24 heavy (non-hydrogen) atoms. The second-order valence-corrected chi connectivity index (χ2v) is 7.70. The Hall–Kier alpha value is -1.99. The van der Waals surface area contributed by atoms with Crippen LogP contribution < -0.4 is 5.32 Å². The van der Waals surface area contributed by atoms with Crippen molar-refractivity contribution in [3.05, 3.63) is 68.6 Å². The van der Waals surface area contributed by atoms with E-state index >= 15 is 0 Å². The predicted molar refractivity (Wildman–Crippen MR) is 109 cm³/mol. The monoisotopic (exact) mass is 444 g/mol. The summed E-state index contributed by atoms with van der Waals surface area (Å²) in [5, 5.41) is 5.13. The first kappa shape index (κ1) is 15.5. The molecular weight excluding hydrogens is 431 g/mol. The molecule has 3 nitrogen and oxygen atoms in total. The number of rotatable bonds is 2. The third kappa shape index (κ3) is 2.67. The van der Waals surface area contributed by atoms with Gasteiger partial charge in [-0.15, -0.1) is 11.3 Å². The van der Waals surface area contributed by atoms with Crippen molar-refractivity contribution in [1.29, 1.82) is 0 Å². The molecule has 4 aromatic rings. The fourth-order valence-electron chi connectivity index (χ4n) is 2.73. The van der Waals surface area contributed by atoms with E-state index in [0.29, 0.717) is 5.82 Å². The van der Waals surface area contributed by atoms with E-state index in [9.17, 15) is 4.79 Å². The number of aromatic nitrogens is 1. The average Bonchev–Trinajstić information content (AvgIpc) is 2.93. The zero-order valence-electron chi connectivity index (χ0n) is 12.8. The van der Waals surface area contributed by atoms with Gasteiger partial charge < -0.3 is 5.32 Å². The standard InChI is InChI=1S/C19H13IN2OS/c1-11-13-6-4-7-14(20)18(13)24-17(11)19(23)22-16-10-9-12-5-2-3-8-15(12)21-16/h2-10H,1H3,(H,21,22,23). The molecule has 0 aliphatic heterocycles. The third-order valence-electron chi connectivity index (χ3n) is 3.96. The van der Waals surface area contributed by atoms with Crippen LogP contribution in [0.25, 0.3) is 21.0 Å². The Morgan fingerprint density at radius 3 is 2.75 bits per heavy atom. The summed E-state index contributed by atoms with van der Waals surface area (Å²) in [6.45, 7) is 2.00. The van der Waals surface area contributed by atoms with Gasteiger partial charge in [0, 0.05) is 13.7 Å². The Balaban J connectivity index is 1.70. The molecule has 0 bridgehead atoms. The summed E-state index contributed by atoms with van der Waals surface area (Å²) in [5.74, 6) is 0.470. The van der Waals surface area contributed by atoms with Gasteiger partial charge in [0.2, 0.25) is 0 Å². The number of para-hydroxylation sites is 1. The zero-order valence-corrected chi connectivity index (χ0v) is 15.8. The lowest BCUT2D eigenvalue weighted by Crippen LogP contribution is -2.12. The summed E-state index contributed by atoms with van der Waals surface area (Å²) >= 11 is 3.85. The fraction of sp³-hybridized carbons (Fsp3) is 0.0526. The number of halogens is 1. The second kappa shape index (κ2) is 6.14. The molecule has 0 saturated heterocycles. The lowest BCUT2D eigenvalue weighted by Gasteiger charge is -2.05. The molecule has 0 radical (unpaired) electrons. The summed E-state index contributed by atoms with van der Waals surface area (Å²) in [5.41, 5.74) is 1.89. The molecule has 118 valence electrons. The number of amides is 1. The molecule has 5 heteroatoms. The Bertz CT molecular complexity index is 1090. The van der Waals surface area contributed by atoms with Gasteiger partial charge in [0.15, 0.2) is 0 Å². The molecular formula is C19H13IN2OS. The molecule has 0 aliphatic carbocycles. The molecule has 0 aliphatic rings. The summed E-state index contributed by atoms with van der Waals surface area (Å²) in [4.78, 5) is 18.0. The first-order chi connectivity index (χ1) is 11.6. The zero-order chi connectivity index (χ0) is 16.7. The van der Waals surface area contributed by atoms with Crippen LogP contribution in [0, 0.1) is 10.5 Å². The molecule has 0 atom stereocenters. The summed E-state index contributed by atoms with van der Waals surface area (Å²) < 4.78 is 2.33. The summed E-state index contributed by atoms with van der Waals surface area (Å²) in [6.07, 6.45) is 0. The highest BCUT2D eigenvalue weighted by Gasteiger charge is 2.17. The SMILES string of the molecule is Cc1c(C(=O)Nc2ccc3ccccc3n2)sc2c(I)cccc12. The van der Waals surface area contributed by atoms with Gasteiger partial charge in [0.25, 0.3) is 5.91 Å². The van der Waals surface area contributed by atoms with E-state index in [-0.39, 0.29) is 5.91 Å². The van der Waals surface area contributed by atoms with Crippen LogP contribution in [0.15, 0.2) is 54.6 Å². The van der Waals surface area contributed by atoms with E-state index in [1.165, 1.54) is 14.9 Å². The van der Waals surface area contributed by atoms with Crippen LogP contribution in [0.3, 0.4) is 0 Å². The highest BCUT2D eigenvalue weighted by atomic mass is 127. The van der Waals surface area contributed by atoms with Crippen LogP contribution in [0.2, 0.25) is 0 Å². The molecule has 2 aromatic carbocycles. The quantitative estimate of drug-likeness (QED) is 0.408. The Labute approximate surface area is 156 Å². The van der Waals surface area contributed by atoms with Crippen molar-refractivity contribution in [2.45, 2.75) is 6.92 Å². The molecule has 1 N–H and O–H groups in total. The number of benzene rings is 2. The minimum absolute atomic E-state index is 0.104. The minimum atomic E-state index is -0.104. The fourth-order valence-corrected chi connectivity index (χ4v) is 4.67. The first-order valence-corrected chi connectivity index (χ1v) is 9.38. The molecule has 4 rings (SSSR count). The third-order valence-corrected chi connectivity index (χ3v) is 6.57. The number of carbonyl (C=O) groups excluding carboxylic acids is 1. The molecule has 1 amide bonds. The minimum Gasteiger partial charge on any atom is -0.306 e. The number of carbonyl (C=O) groups is 1. The lowest BCUT2D eigenvalue weighted by molar-refractivity contribution is 0.103. The van der Waals surface area contributed by atoms with Crippen LogP contribution in [-0.2, 0) is 0 Å². The number of nitrogens with zero attached hydrogens (tertiary/aromatic N) is 1. The van der Waals surface area contributed by atoms with Gasteiger partial charge in [0.05, 0.1) is 10.4 Å². The van der Waals surface area contributed by atoms with Gasteiger partial charge in [-0.05, 0) is 64.7 Å². The number of hydrogen-bond acceptors (Lipinski definition) is 3. The first-order valence-electron chi connectivity index (χ1n) is 7.48. The van der Waals surface area contributed by atoms with Crippen molar-refractivity contribution in [2.75, 3.05) is 5.32 Å². The van der Waals surface area contributed by atoms with E-state index in [0.717, 1.165) is 31.4 Å². The average molecular weight is 444 g/mol. The topological polar surface area (TPSA) is 42.0 Å². The van der Waals surface area contributed by atoms with Crippen LogP contribution in [0.4, 0.5) is 5.82 Å². The normalized spacial score (nSPS) is 11.1. The molecule has 0 fully saturated rings. The predicted octanol–water partition coefficient (Wildman–Crippen LogP) is 5.61. The van der Waals surface area contributed by atoms with Crippen molar-refractivity contribution in [2.24, 2.45) is 0 Å². The van der Waals surface area contributed by atoms with Gasteiger partial charge in [-0.2, -0.15) is 0 Å². The van der Waals surface area contributed by atoms with E-state index in [4.69, 9.17) is 0 Å². The maximum atomic E-state index is 12.7. The summed E-state index contributed by atoms with van der Waals surface area (Å²) in [6, 6.07) is 17.8. The molecule has 0 spiro atoms. The summed E-state index contributed by atoms with van der Waals surface area (Å²) in [7, 11) is 0. The largest absolute Gasteiger partial charge is 0.306 e. The number of aryl methyl sites for hydroxylation is 1. The maximum absolute atomic E-state index is 12.7. The molecule has 0 unspecified atom stereocenters. The number of thiophene rings is 1. The van der Waals surface area contributed by atoms with E-state index in [1.807, 2.05) is 49.4 Å². The second-order valence-electron chi connectivity index (χ2n) is 5.52. The number of pyridine rings is 1. The highest BCUT2D eigenvalue weighted by molar-refractivity contribution is 14.1. The van der Waals surface area contributed by atoms with Gasteiger partial charge in [-0.25, -0.2) is 4.98 Å². The van der Waals surface area contributed by atoms with Gasteiger partial charge in [-0.1, -0.05) is 30.3 Å².